The highest BCUT2D eigenvalue weighted by molar-refractivity contribution is 6.32. The second kappa shape index (κ2) is 6.55. The van der Waals surface area contributed by atoms with Gasteiger partial charge in [0.2, 0.25) is 0 Å². The fourth-order valence-electron chi connectivity index (χ4n) is 3.43. The first-order valence-corrected chi connectivity index (χ1v) is 8.92. The van der Waals surface area contributed by atoms with Gasteiger partial charge in [-0.1, -0.05) is 17.7 Å². The summed E-state index contributed by atoms with van der Waals surface area (Å²) >= 11 is 6.16. The zero-order valence-corrected chi connectivity index (χ0v) is 15.8. The number of nitrogens with zero attached hydrogens (tertiary/aromatic N) is 3. The summed E-state index contributed by atoms with van der Waals surface area (Å²) in [6.07, 6.45) is 2.14. The molecule has 1 aliphatic rings. The van der Waals surface area contributed by atoms with E-state index < -0.39 is 11.2 Å². The van der Waals surface area contributed by atoms with Gasteiger partial charge in [0.25, 0.3) is 0 Å². The standard InChI is InChI=1S/C20H22ClN3O2/c1-13-20(26,18-7-5-15(12-23-18)19(2,3)25)8-9-24(13)16-6-4-14(11-22)17(21)10-16/h4-7,10,12-13,25-26H,8-9H2,1-3H3/t13-,20-/m0/s1. The highest BCUT2D eigenvalue weighted by atomic mass is 35.5. The minimum atomic E-state index is -1.10. The molecule has 2 atom stereocenters. The number of pyridine rings is 1. The van der Waals surface area contributed by atoms with Crippen LogP contribution in [-0.4, -0.2) is 27.8 Å². The first-order valence-electron chi connectivity index (χ1n) is 8.55. The van der Waals surface area contributed by atoms with Crippen molar-refractivity contribution in [2.45, 2.75) is 44.4 Å². The van der Waals surface area contributed by atoms with Crippen LogP contribution in [0.3, 0.4) is 0 Å². The average Bonchev–Trinajstić information content (AvgIpc) is 2.91. The van der Waals surface area contributed by atoms with Crippen LogP contribution in [0.15, 0.2) is 36.5 Å². The first-order chi connectivity index (χ1) is 12.2. The number of aliphatic hydroxyl groups is 2. The molecule has 136 valence electrons. The molecule has 1 saturated heterocycles. The highest BCUT2D eigenvalue weighted by Crippen LogP contribution is 2.40. The lowest BCUT2D eigenvalue weighted by Gasteiger charge is -2.32. The Kier molecular flexibility index (Phi) is 4.70. The van der Waals surface area contributed by atoms with Gasteiger partial charge in [0.1, 0.15) is 11.7 Å². The summed E-state index contributed by atoms with van der Waals surface area (Å²) in [6.45, 7) is 6.00. The second-order valence-corrected chi connectivity index (χ2v) is 7.72. The third-order valence-corrected chi connectivity index (χ3v) is 5.52. The molecular formula is C20H22ClN3O2. The molecule has 0 saturated carbocycles. The number of nitriles is 1. The zero-order valence-electron chi connectivity index (χ0n) is 15.1. The lowest BCUT2D eigenvalue weighted by molar-refractivity contribution is 0.0281. The van der Waals surface area contributed by atoms with Crippen LogP contribution < -0.4 is 4.90 Å². The third-order valence-electron chi connectivity index (χ3n) is 5.21. The van der Waals surface area contributed by atoms with E-state index in [1.807, 2.05) is 13.0 Å². The van der Waals surface area contributed by atoms with Crippen molar-refractivity contribution < 1.29 is 10.2 Å². The maximum atomic E-state index is 11.3. The van der Waals surface area contributed by atoms with Gasteiger partial charge >= 0.3 is 0 Å². The fourth-order valence-corrected chi connectivity index (χ4v) is 3.65. The molecule has 6 heteroatoms. The maximum absolute atomic E-state index is 11.3. The van der Waals surface area contributed by atoms with Crippen molar-refractivity contribution in [3.05, 3.63) is 58.4 Å². The number of hydrogen-bond acceptors (Lipinski definition) is 5. The number of anilines is 1. The van der Waals surface area contributed by atoms with E-state index in [0.717, 1.165) is 5.69 Å². The Bertz CT molecular complexity index is 855. The van der Waals surface area contributed by atoms with Gasteiger partial charge in [-0.2, -0.15) is 5.26 Å². The lowest BCUT2D eigenvalue weighted by atomic mass is 9.90. The minimum absolute atomic E-state index is 0.216. The topological polar surface area (TPSA) is 80.4 Å². The molecule has 1 fully saturated rings. The van der Waals surface area contributed by atoms with Crippen molar-refractivity contribution in [2.75, 3.05) is 11.4 Å². The van der Waals surface area contributed by atoms with Crippen LogP contribution in [-0.2, 0) is 11.2 Å². The lowest BCUT2D eigenvalue weighted by Crippen LogP contribution is -2.41. The van der Waals surface area contributed by atoms with E-state index in [1.54, 1.807) is 44.3 Å². The highest BCUT2D eigenvalue weighted by Gasteiger charge is 2.46. The molecule has 2 aromatic rings. The largest absolute Gasteiger partial charge is 0.386 e. The van der Waals surface area contributed by atoms with Crippen molar-refractivity contribution in [1.29, 1.82) is 5.26 Å². The van der Waals surface area contributed by atoms with Crippen LogP contribution in [0.2, 0.25) is 5.02 Å². The first kappa shape index (κ1) is 18.7. The second-order valence-electron chi connectivity index (χ2n) is 7.31. The van der Waals surface area contributed by atoms with E-state index in [2.05, 4.69) is 16.0 Å². The summed E-state index contributed by atoms with van der Waals surface area (Å²) < 4.78 is 0. The summed E-state index contributed by atoms with van der Waals surface area (Å²) in [6, 6.07) is 10.7. The predicted octanol–water partition coefficient (Wildman–Crippen LogP) is 3.32. The van der Waals surface area contributed by atoms with Gasteiger partial charge in [0.15, 0.2) is 0 Å². The van der Waals surface area contributed by atoms with Crippen LogP contribution in [0, 0.1) is 11.3 Å². The van der Waals surface area contributed by atoms with Crippen LogP contribution in [0.1, 0.15) is 44.0 Å². The van der Waals surface area contributed by atoms with Gasteiger partial charge in [0.05, 0.1) is 27.9 Å². The molecule has 0 amide bonds. The molecule has 1 aromatic heterocycles. The number of rotatable bonds is 3. The van der Waals surface area contributed by atoms with Crippen molar-refractivity contribution in [3.8, 4) is 6.07 Å². The maximum Gasteiger partial charge on any atom is 0.128 e. The molecule has 0 spiro atoms. The van der Waals surface area contributed by atoms with Crippen molar-refractivity contribution in [2.24, 2.45) is 0 Å². The van der Waals surface area contributed by atoms with E-state index in [9.17, 15) is 10.2 Å². The summed E-state index contributed by atoms with van der Waals surface area (Å²) in [7, 11) is 0. The Morgan fingerprint density at radius 2 is 2.08 bits per heavy atom. The molecule has 0 bridgehead atoms. The monoisotopic (exact) mass is 371 g/mol. The molecule has 26 heavy (non-hydrogen) atoms. The number of hydrogen-bond donors (Lipinski definition) is 2. The Labute approximate surface area is 158 Å². The van der Waals surface area contributed by atoms with Gasteiger partial charge in [-0.15, -0.1) is 0 Å². The zero-order chi connectivity index (χ0) is 19.1. The molecule has 1 aliphatic heterocycles. The van der Waals surface area contributed by atoms with E-state index in [-0.39, 0.29) is 6.04 Å². The summed E-state index contributed by atoms with van der Waals surface area (Å²) in [5.41, 5.74) is 0.512. The Morgan fingerprint density at radius 3 is 2.62 bits per heavy atom. The van der Waals surface area contributed by atoms with Crippen molar-refractivity contribution >= 4 is 17.3 Å². The van der Waals surface area contributed by atoms with Crippen LogP contribution in [0.5, 0.6) is 0 Å². The molecule has 3 rings (SSSR count). The van der Waals surface area contributed by atoms with Gasteiger partial charge in [-0.25, -0.2) is 0 Å². The number of halogens is 1. The van der Waals surface area contributed by atoms with E-state index in [0.29, 0.717) is 34.8 Å². The van der Waals surface area contributed by atoms with Gasteiger partial charge in [-0.3, -0.25) is 4.98 Å². The average molecular weight is 372 g/mol. The summed E-state index contributed by atoms with van der Waals surface area (Å²) in [4.78, 5) is 6.48. The summed E-state index contributed by atoms with van der Waals surface area (Å²) in [5.74, 6) is 0. The van der Waals surface area contributed by atoms with Gasteiger partial charge in [-0.05, 0) is 45.0 Å². The molecule has 2 heterocycles. The molecule has 0 aliphatic carbocycles. The Balaban J connectivity index is 1.89. The van der Waals surface area contributed by atoms with E-state index in [1.165, 1.54) is 0 Å². The quantitative estimate of drug-likeness (QED) is 0.865. The smallest absolute Gasteiger partial charge is 0.128 e. The molecule has 0 unspecified atom stereocenters. The minimum Gasteiger partial charge on any atom is -0.386 e. The van der Waals surface area contributed by atoms with Crippen LogP contribution in [0.4, 0.5) is 5.69 Å². The number of aromatic nitrogens is 1. The van der Waals surface area contributed by atoms with Crippen LogP contribution >= 0.6 is 11.6 Å². The molecule has 1 aromatic carbocycles. The van der Waals surface area contributed by atoms with Gasteiger partial charge in [0, 0.05) is 30.4 Å². The van der Waals surface area contributed by atoms with Gasteiger partial charge < -0.3 is 15.1 Å². The fraction of sp³-hybridized carbons (Fsp3) is 0.400. The molecule has 0 radical (unpaired) electrons. The number of benzene rings is 1. The van der Waals surface area contributed by atoms with Crippen LogP contribution in [0.25, 0.3) is 0 Å². The Hall–Kier alpha value is -2.13. The van der Waals surface area contributed by atoms with E-state index >= 15 is 0 Å². The van der Waals surface area contributed by atoms with E-state index in [4.69, 9.17) is 16.9 Å². The molecule has 5 nitrogen and oxygen atoms in total. The normalized spacial score (nSPS) is 23.1. The molecule has 2 N–H and O–H groups in total. The SMILES string of the molecule is C[C@@H]1N(c2ccc(C#N)c(Cl)c2)CC[C@@]1(O)c1ccc(C(C)(C)O)cn1. The predicted molar refractivity (Wildman–Crippen MR) is 101 cm³/mol. The molecular weight excluding hydrogens is 350 g/mol. The summed E-state index contributed by atoms with van der Waals surface area (Å²) in [5, 5.41) is 30.8. The van der Waals surface area contributed by atoms with Crippen molar-refractivity contribution in [1.82, 2.24) is 4.98 Å². The van der Waals surface area contributed by atoms with Crippen molar-refractivity contribution in [3.63, 3.8) is 0 Å². The Morgan fingerprint density at radius 1 is 1.35 bits per heavy atom. The third kappa shape index (κ3) is 3.16.